The number of hydrogen-bond acceptors (Lipinski definition) is 2. The molecular formula is C18H30N2. The summed E-state index contributed by atoms with van der Waals surface area (Å²) in [7, 11) is 0. The molecule has 0 radical (unpaired) electrons. The molecule has 1 aliphatic rings. The summed E-state index contributed by atoms with van der Waals surface area (Å²) in [5.41, 5.74) is 2.58. The number of nitrogens with one attached hydrogen (secondary N) is 1. The van der Waals surface area contributed by atoms with E-state index in [0.29, 0.717) is 0 Å². The molecule has 1 aromatic carbocycles. The molecule has 1 N–H and O–H groups in total. The lowest BCUT2D eigenvalue weighted by atomic mass is 9.96. The molecule has 0 aliphatic carbocycles. The molecule has 1 heterocycles. The second kappa shape index (κ2) is 8.31. The molecule has 1 aliphatic heterocycles. The summed E-state index contributed by atoms with van der Waals surface area (Å²) in [6.07, 6.45) is 7.00. The van der Waals surface area contributed by atoms with Crippen LogP contribution in [0.1, 0.15) is 44.6 Å². The predicted octanol–water partition coefficient (Wildman–Crippen LogP) is 4.31. The molecular weight excluding hydrogens is 244 g/mol. The van der Waals surface area contributed by atoms with E-state index in [-0.39, 0.29) is 0 Å². The number of nitrogens with zero attached hydrogens (tertiary/aromatic N) is 1. The molecule has 2 heteroatoms. The third kappa shape index (κ3) is 5.16. The third-order valence-electron chi connectivity index (χ3n) is 4.41. The molecule has 2 nitrogen and oxygen atoms in total. The van der Waals surface area contributed by atoms with Crippen LogP contribution in [-0.2, 0) is 0 Å². The first-order valence-electron chi connectivity index (χ1n) is 8.31. The van der Waals surface area contributed by atoms with E-state index in [1.165, 1.54) is 63.0 Å². The predicted molar refractivity (Wildman–Crippen MR) is 88.4 cm³/mol. The van der Waals surface area contributed by atoms with Gasteiger partial charge in [0.2, 0.25) is 0 Å². The fourth-order valence-electron chi connectivity index (χ4n) is 3.26. The smallest absolute Gasteiger partial charge is 0.0343 e. The molecule has 1 unspecified atom stereocenters. The highest BCUT2D eigenvalue weighted by atomic mass is 15.1. The minimum absolute atomic E-state index is 0.981. The summed E-state index contributed by atoms with van der Waals surface area (Å²) in [5, 5.41) is 3.55. The van der Waals surface area contributed by atoms with Crippen molar-refractivity contribution in [1.29, 1.82) is 0 Å². The van der Waals surface area contributed by atoms with Crippen LogP contribution in [-0.4, -0.2) is 31.1 Å². The molecule has 0 saturated carbocycles. The molecule has 0 bridgehead atoms. The van der Waals surface area contributed by atoms with Crippen LogP contribution in [0.15, 0.2) is 24.3 Å². The number of anilines is 1. The van der Waals surface area contributed by atoms with Crippen LogP contribution < -0.4 is 5.32 Å². The highest BCUT2D eigenvalue weighted by Crippen LogP contribution is 2.21. The van der Waals surface area contributed by atoms with Crippen molar-refractivity contribution >= 4 is 5.69 Å². The number of benzene rings is 1. The maximum Gasteiger partial charge on any atom is 0.0343 e. The van der Waals surface area contributed by atoms with Gasteiger partial charge in [-0.05, 0) is 62.9 Å². The third-order valence-corrected chi connectivity index (χ3v) is 4.41. The lowest BCUT2D eigenvalue weighted by Crippen LogP contribution is -2.30. The summed E-state index contributed by atoms with van der Waals surface area (Å²) >= 11 is 0. The van der Waals surface area contributed by atoms with Crippen LogP contribution in [0.5, 0.6) is 0 Å². The molecule has 0 aromatic heterocycles. The van der Waals surface area contributed by atoms with Gasteiger partial charge in [-0.1, -0.05) is 31.9 Å². The van der Waals surface area contributed by atoms with E-state index in [1.54, 1.807) is 0 Å². The van der Waals surface area contributed by atoms with Crippen molar-refractivity contribution in [2.75, 3.05) is 31.5 Å². The standard InChI is InChI=1S/C18H30N2/c1-3-6-17-8-5-12-20(13-10-17)14-11-19-18-9-4-7-16(2)15-18/h4,7,9,15,17,19H,3,5-6,8,10-14H2,1-2H3. The Kier molecular flexibility index (Phi) is 6.38. The summed E-state index contributed by atoms with van der Waals surface area (Å²) in [6, 6.07) is 8.65. The van der Waals surface area contributed by atoms with Gasteiger partial charge in [-0.2, -0.15) is 0 Å². The molecule has 2 rings (SSSR count). The number of likely N-dealkylation sites (tertiary alicyclic amines) is 1. The molecule has 0 spiro atoms. The largest absolute Gasteiger partial charge is 0.384 e. The van der Waals surface area contributed by atoms with Gasteiger partial charge in [0.1, 0.15) is 0 Å². The van der Waals surface area contributed by atoms with Gasteiger partial charge in [-0.3, -0.25) is 0 Å². The number of hydrogen-bond donors (Lipinski definition) is 1. The number of aryl methyl sites for hydroxylation is 1. The summed E-state index contributed by atoms with van der Waals surface area (Å²) < 4.78 is 0. The monoisotopic (exact) mass is 274 g/mol. The molecule has 1 fully saturated rings. The minimum Gasteiger partial charge on any atom is -0.384 e. The van der Waals surface area contributed by atoms with Gasteiger partial charge in [0.25, 0.3) is 0 Å². The maximum atomic E-state index is 3.55. The van der Waals surface area contributed by atoms with Crippen LogP contribution in [0.3, 0.4) is 0 Å². The zero-order chi connectivity index (χ0) is 14.2. The van der Waals surface area contributed by atoms with Crippen LogP contribution in [0.4, 0.5) is 5.69 Å². The van der Waals surface area contributed by atoms with Crippen LogP contribution >= 0.6 is 0 Å². The van der Waals surface area contributed by atoms with Gasteiger partial charge < -0.3 is 10.2 Å². The summed E-state index contributed by atoms with van der Waals surface area (Å²) in [4.78, 5) is 2.64. The van der Waals surface area contributed by atoms with Crippen molar-refractivity contribution in [3.63, 3.8) is 0 Å². The summed E-state index contributed by atoms with van der Waals surface area (Å²) in [6.45, 7) is 9.27. The number of rotatable bonds is 6. The normalized spacial score (nSPS) is 20.6. The van der Waals surface area contributed by atoms with Gasteiger partial charge >= 0.3 is 0 Å². The van der Waals surface area contributed by atoms with E-state index >= 15 is 0 Å². The van der Waals surface area contributed by atoms with Gasteiger partial charge in [0.05, 0.1) is 0 Å². The van der Waals surface area contributed by atoms with E-state index in [1.807, 2.05) is 0 Å². The van der Waals surface area contributed by atoms with E-state index in [4.69, 9.17) is 0 Å². The van der Waals surface area contributed by atoms with Gasteiger partial charge in [0.15, 0.2) is 0 Å². The quantitative estimate of drug-likeness (QED) is 0.831. The van der Waals surface area contributed by atoms with Crippen molar-refractivity contribution in [3.05, 3.63) is 29.8 Å². The second-order valence-electron chi connectivity index (χ2n) is 6.22. The fourth-order valence-corrected chi connectivity index (χ4v) is 3.26. The SMILES string of the molecule is CCCC1CCCN(CCNc2cccc(C)c2)CC1. The first-order valence-corrected chi connectivity index (χ1v) is 8.31. The van der Waals surface area contributed by atoms with Crippen LogP contribution in [0, 0.1) is 12.8 Å². The molecule has 0 amide bonds. The first-order chi connectivity index (χ1) is 9.78. The Morgan fingerprint density at radius 2 is 2.15 bits per heavy atom. The average Bonchev–Trinajstić information content (AvgIpc) is 2.65. The van der Waals surface area contributed by atoms with Gasteiger partial charge in [0, 0.05) is 18.8 Å². The highest BCUT2D eigenvalue weighted by Gasteiger charge is 2.15. The Labute approximate surface area is 124 Å². The van der Waals surface area contributed by atoms with E-state index in [9.17, 15) is 0 Å². The zero-order valence-electron chi connectivity index (χ0n) is 13.2. The van der Waals surface area contributed by atoms with E-state index < -0.39 is 0 Å². The van der Waals surface area contributed by atoms with Crippen molar-refractivity contribution in [3.8, 4) is 0 Å². The Hall–Kier alpha value is -1.02. The second-order valence-corrected chi connectivity index (χ2v) is 6.22. The molecule has 112 valence electrons. The molecule has 1 aromatic rings. The molecule has 1 saturated heterocycles. The van der Waals surface area contributed by atoms with Crippen molar-refractivity contribution < 1.29 is 0 Å². The topological polar surface area (TPSA) is 15.3 Å². The Bertz CT molecular complexity index is 389. The highest BCUT2D eigenvalue weighted by molar-refractivity contribution is 5.45. The fraction of sp³-hybridized carbons (Fsp3) is 0.667. The lowest BCUT2D eigenvalue weighted by molar-refractivity contribution is 0.289. The Morgan fingerprint density at radius 3 is 2.95 bits per heavy atom. The van der Waals surface area contributed by atoms with Gasteiger partial charge in [-0.15, -0.1) is 0 Å². The van der Waals surface area contributed by atoms with Crippen LogP contribution in [0.2, 0.25) is 0 Å². The van der Waals surface area contributed by atoms with Crippen LogP contribution in [0.25, 0.3) is 0 Å². The molecule has 20 heavy (non-hydrogen) atoms. The van der Waals surface area contributed by atoms with E-state index in [2.05, 4.69) is 48.3 Å². The van der Waals surface area contributed by atoms with Gasteiger partial charge in [-0.25, -0.2) is 0 Å². The lowest BCUT2D eigenvalue weighted by Gasteiger charge is -2.20. The Balaban J connectivity index is 1.69. The van der Waals surface area contributed by atoms with Crippen molar-refractivity contribution in [2.24, 2.45) is 5.92 Å². The van der Waals surface area contributed by atoms with E-state index in [0.717, 1.165) is 12.5 Å². The maximum absolute atomic E-state index is 3.55. The molecule has 1 atom stereocenters. The van der Waals surface area contributed by atoms with Crippen molar-refractivity contribution in [1.82, 2.24) is 4.90 Å². The minimum atomic E-state index is 0.981. The average molecular weight is 274 g/mol. The van der Waals surface area contributed by atoms with Crippen molar-refractivity contribution in [2.45, 2.75) is 46.0 Å². The first kappa shape index (κ1) is 15.4. The zero-order valence-corrected chi connectivity index (χ0v) is 13.2. The Morgan fingerprint density at radius 1 is 1.25 bits per heavy atom. The summed E-state index contributed by atoms with van der Waals surface area (Å²) in [5.74, 6) is 0.981.